The predicted molar refractivity (Wildman–Crippen MR) is 67.7 cm³/mol. The molecule has 0 aromatic carbocycles. The lowest BCUT2D eigenvalue weighted by Gasteiger charge is -2.37. The van der Waals surface area contributed by atoms with Gasteiger partial charge in [0.2, 0.25) is 0 Å². The van der Waals surface area contributed by atoms with Gasteiger partial charge in [0.25, 0.3) is 0 Å². The van der Waals surface area contributed by atoms with E-state index in [1.54, 1.807) is 0 Å². The largest absolute Gasteiger partial charge is 0.378 e. The minimum atomic E-state index is 0.135. The van der Waals surface area contributed by atoms with Crippen molar-refractivity contribution in [2.24, 2.45) is 0 Å². The lowest BCUT2D eigenvalue weighted by molar-refractivity contribution is 0.585. The number of hydrogen-bond acceptors (Lipinski definition) is 6. The van der Waals surface area contributed by atoms with Crippen LogP contribution in [0.4, 0.5) is 0 Å². The average Bonchev–Trinajstić information content (AvgIpc) is 2.17. The van der Waals surface area contributed by atoms with Gasteiger partial charge in [0, 0.05) is 0 Å². The monoisotopic (exact) mass is 210 g/mol. The first kappa shape index (κ1) is 13.0. The molecule has 6 nitrogen and oxygen atoms in total. The second-order valence-electron chi connectivity index (χ2n) is 4.22. The van der Waals surface area contributed by atoms with Crippen LogP contribution in [0.2, 0.25) is 0 Å². The Hall–Kier alpha value is -0.0452. The zero-order chi connectivity index (χ0) is 11.4. The van der Waals surface area contributed by atoms with E-state index < -0.39 is 0 Å². The van der Waals surface area contributed by atoms with Gasteiger partial charge in [-0.2, -0.15) is 0 Å². The summed E-state index contributed by atoms with van der Waals surface area (Å²) >= 11 is 0. The van der Waals surface area contributed by atoms with Crippen LogP contribution < -0.4 is 20.6 Å². The van der Waals surface area contributed by atoms with Crippen LogP contribution in [0.3, 0.4) is 0 Å². The van der Waals surface area contributed by atoms with Gasteiger partial charge in [0.1, 0.15) is 0 Å². The normalized spacial score (nSPS) is 18.2. The Balaban J connectivity index is 2.56. The van der Waals surface area contributed by atoms with Crippen molar-refractivity contribution in [1.82, 2.24) is 30.3 Å². The molecule has 0 spiro atoms. The van der Waals surface area contributed by atoms with Crippen molar-refractivity contribution in [2.75, 3.05) is 34.7 Å². The topological polar surface area (TPSA) is 54.6 Å². The summed E-state index contributed by atoms with van der Waals surface area (Å²) in [6.07, 6.45) is 0. The highest BCUT2D eigenvalue weighted by molar-refractivity contribution is 6.84. The summed E-state index contributed by atoms with van der Waals surface area (Å²) in [5.74, 6) is 0. The summed E-state index contributed by atoms with van der Waals surface area (Å²) in [6, 6.07) is 0. The minimum absolute atomic E-state index is 0.135. The molecule has 1 fully saturated rings. The molecule has 0 bridgehead atoms. The maximum absolute atomic E-state index is 3.43. The lowest BCUT2D eigenvalue weighted by atomic mass is 9.63. The van der Waals surface area contributed by atoms with Crippen molar-refractivity contribution < 1.29 is 0 Å². The van der Waals surface area contributed by atoms with Crippen LogP contribution in [0.15, 0.2) is 0 Å². The molecule has 1 aliphatic rings. The molecule has 0 saturated carbocycles. The number of nitrogens with one attached hydrogen (secondary N) is 4. The predicted octanol–water partition coefficient (Wildman–Crippen LogP) is -2.54. The van der Waals surface area contributed by atoms with E-state index in [0.717, 1.165) is 6.54 Å². The van der Waals surface area contributed by atoms with Gasteiger partial charge in [0.05, 0.1) is 0 Å². The Morgan fingerprint density at radius 1 is 0.933 bits per heavy atom. The van der Waals surface area contributed by atoms with E-state index in [9.17, 15) is 0 Å². The standard InChI is InChI=1S/C6H21B3N6/c1-6-10-7-11-8(14(2)3)13-9(12-7)15(4)5/h10-13H,6H2,1-5H3. The average molecular weight is 210 g/mol. The van der Waals surface area contributed by atoms with Crippen LogP contribution in [0.5, 0.6) is 0 Å². The van der Waals surface area contributed by atoms with E-state index in [1.807, 2.05) is 28.2 Å². The molecule has 0 unspecified atom stereocenters. The van der Waals surface area contributed by atoms with Gasteiger partial charge in [-0.1, -0.05) is 6.92 Å². The van der Waals surface area contributed by atoms with Crippen molar-refractivity contribution >= 4 is 21.4 Å². The molecule has 1 heterocycles. The van der Waals surface area contributed by atoms with Crippen molar-refractivity contribution in [1.29, 1.82) is 0 Å². The van der Waals surface area contributed by atoms with E-state index in [0.29, 0.717) is 0 Å². The van der Waals surface area contributed by atoms with Crippen LogP contribution in [-0.4, -0.2) is 65.7 Å². The molecular formula is C6H21B3N6. The summed E-state index contributed by atoms with van der Waals surface area (Å²) in [5.41, 5.74) is 0. The molecule has 9 heteroatoms. The number of hydrogen-bond donors (Lipinski definition) is 4. The summed E-state index contributed by atoms with van der Waals surface area (Å²) in [4.78, 5) is 4.23. The fourth-order valence-electron chi connectivity index (χ4n) is 1.53. The van der Waals surface area contributed by atoms with Gasteiger partial charge in [-0.15, -0.1) is 0 Å². The maximum Gasteiger partial charge on any atom is 0.378 e. The minimum Gasteiger partial charge on any atom is -0.342 e. The lowest BCUT2D eigenvalue weighted by Crippen LogP contribution is -2.84. The Morgan fingerprint density at radius 2 is 1.40 bits per heavy atom. The van der Waals surface area contributed by atoms with Gasteiger partial charge in [0.15, 0.2) is 0 Å². The third kappa shape index (κ3) is 3.78. The molecular weight excluding hydrogens is 189 g/mol. The van der Waals surface area contributed by atoms with Gasteiger partial charge in [-0.05, 0) is 34.7 Å². The molecule has 1 aliphatic heterocycles. The van der Waals surface area contributed by atoms with Gasteiger partial charge >= 0.3 is 21.4 Å². The van der Waals surface area contributed by atoms with E-state index in [2.05, 4.69) is 37.2 Å². The van der Waals surface area contributed by atoms with Gasteiger partial charge < -0.3 is 30.3 Å². The Bertz CT molecular complexity index is 176. The third-order valence-electron chi connectivity index (χ3n) is 2.41. The summed E-state index contributed by atoms with van der Waals surface area (Å²) < 4.78 is 0. The van der Waals surface area contributed by atoms with E-state index >= 15 is 0 Å². The van der Waals surface area contributed by atoms with Crippen LogP contribution in [0.25, 0.3) is 0 Å². The summed E-state index contributed by atoms with van der Waals surface area (Å²) in [5, 5.41) is 13.6. The van der Waals surface area contributed by atoms with Gasteiger partial charge in [-0.3, -0.25) is 0 Å². The first-order valence-corrected chi connectivity index (χ1v) is 5.39. The molecule has 0 aromatic rings. The molecule has 1 saturated heterocycles. The zero-order valence-electron chi connectivity index (χ0n) is 10.3. The molecule has 4 N–H and O–H groups in total. The first-order chi connectivity index (χ1) is 7.04. The molecule has 84 valence electrons. The van der Waals surface area contributed by atoms with Crippen molar-refractivity contribution in [3.63, 3.8) is 0 Å². The fraction of sp³-hybridized carbons (Fsp3) is 1.00. The van der Waals surface area contributed by atoms with Crippen LogP contribution in [0, 0.1) is 0 Å². The van der Waals surface area contributed by atoms with Gasteiger partial charge in [-0.25, -0.2) is 0 Å². The third-order valence-corrected chi connectivity index (χ3v) is 2.41. The number of nitrogens with zero attached hydrogens (tertiary/aromatic N) is 2. The van der Waals surface area contributed by atoms with Crippen LogP contribution in [0.1, 0.15) is 6.92 Å². The fourth-order valence-corrected chi connectivity index (χ4v) is 1.53. The quantitative estimate of drug-likeness (QED) is 0.383. The molecule has 1 rings (SSSR count). The second kappa shape index (κ2) is 5.88. The highest BCUT2D eigenvalue weighted by Crippen LogP contribution is 1.89. The Kier molecular flexibility index (Phi) is 5.11. The maximum atomic E-state index is 3.43. The highest BCUT2D eigenvalue weighted by atomic mass is 15.3. The summed E-state index contributed by atoms with van der Waals surface area (Å²) in [6.45, 7) is 3.03. The Labute approximate surface area is 93.9 Å². The van der Waals surface area contributed by atoms with E-state index in [4.69, 9.17) is 0 Å². The summed E-state index contributed by atoms with van der Waals surface area (Å²) in [7, 11) is 8.66. The van der Waals surface area contributed by atoms with Crippen molar-refractivity contribution in [3.05, 3.63) is 0 Å². The van der Waals surface area contributed by atoms with E-state index in [1.165, 1.54) is 0 Å². The van der Waals surface area contributed by atoms with Crippen LogP contribution in [-0.2, 0) is 0 Å². The molecule has 0 aliphatic carbocycles. The SMILES string of the molecule is CCNB1NB(N(C)C)NB(N(C)C)N1. The second-order valence-corrected chi connectivity index (χ2v) is 4.22. The Morgan fingerprint density at radius 3 is 1.73 bits per heavy atom. The molecule has 0 radical (unpaired) electrons. The molecule has 0 atom stereocenters. The van der Waals surface area contributed by atoms with Crippen molar-refractivity contribution in [3.8, 4) is 0 Å². The highest BCUT2D eigenvalue weighted by Gasteiger charge is 2.38. The molecule has 0 amide bonds. The zero-order valence-corrected chi connectivity index (χ0v) is 10.3. The molecule has 0 aromatic heterocycles. The number of rotatable bonds is 4. The van der Waals surface area contributed by atoms with Crippen molar-refractivity contribution in [2.45, 2.75) is 6.92 Å². The first-order valence-electron chi connectivity index (χ1n) is 5.39. The molecule has 15 heavy (non-hydrogen) atoms. The smallest absolute Gasteiger partial charge is 0.342 e. The van der Waals surface area contributed by atoms with E-state index in [-0.39, 0.29) is 21.4 Å². The van der Waals surface area contributed by atoms with Crippen LogP contribution >= 0.6 is 0 Å².